The number of aromatic nitrogens is 2. The van der Waals surface area contributed by atoms with Gasteiger partial charge in [-0.05, 0) is 30.5 Å². The summed E-state index contributed by atoms with van der Waals surface area (Å²) < 4.78 is 5.51. The average Bonchev–Trinajstić information content (AvgIpc) is 2.99. The van der Waals surface area contributed by atoms with E-state index in [4.69, 9.17) is 10.5 Å². The Morgan fingerprint density at radius 3 is 2.67 bits per heavy atom. The van der Waals surface area contributed by atoms with Crippen molar-refractivity contribution in [3.05, 3.63) is 23.5 Å². The van der Waals surface area contributed by atoms with Gasteiger partial charge < -0.3 is 21.0 Å². The second-order valence-electron chi connectivity index (χ2n) is 6.46. The molecule has 7 heteroatoms. The zero-order valence-electron chi connectivity index (χ0n) is 14.4. The molecule has 0 radical (unpaired) electrons. The largest absolute Gasteiger partial charge is 0.494 e. The number of nitrogens with two attached hydrogens (primary N) is 1. The average molecular weight is 329 g/mol. The monoisotopic (exact) mass is 329 g/mol. The molecule has 1 aromatic heterocycles. The summed E-state index contributed by atoms with van der Waals surface area (Å²) in [6, 6.07) is 3.49. The molecule has 0 amide bonds. The van der Waals surface area contributed by atoms with Crippen LogP contribution in [0.1, 0.15) is 44.1 Å². The zero-order chi connectivity index (χ0) is 17.4. The van der Waals surface area contributed by atoms with Crippen LogP contribution in [0.4, 0.5) is 0 Å². The number of aromatic hydroxyl groups is 1. The number of hydrazone groups is 1. The Morgan fingerprint density at radius 1 is 1.33 bits per heavy atom. The van der Waals surface area contributed by atoms with Gasteiger partial charge in [0.1, 0.15) is 17.1 Å². The van der Waals surface area contributed by atoms with E-state index in [0.29, 0.717) is 22.5 Å². The Hall–Kier alpha value is -2.41. The van der Waals surface area contributed by atoms with Gasteiger partial charge in [0, 0.05) is 18.2 Å². The Morgan fingerprint density at radius 2 is 2.08 bits per heavy atom. The number of methoxy groups -OCH3 is 1. The van der Waals surface area contributed by atoms with Crippen LogP contribution in [0.2, 0.25) is 0 Å². The molecule has 2 atom stereocenters. The zero-order valence-corrected chi connectivity index (χ0v) is 14.4. The minimum atomic E-state index is -0.349. The van der Waals surface area contributed by atoms with E-state index in [9.17, 15) is 5.11 Å². The highest BCUT2D eigenvalue weighted by atomic mass is 16.5. The molecule has 4 N–H and O–H groups in total. The van der Waals surface area contributed by atoms with Crippen LogP contribution < -0.4 is 15.9 Å². The molecule has 3 rings (SSSR count). The second kappa shape index (κ2) is 6.24. The third kappa shape index (κ3) is 2.75. The predicted molar refractivity (Wildman–Crippen MR) is 93.4 cm³/mol. The first-order valence-electron chi connectivity index (χ1n) is 8.03. The fraction of sp³-hybridized carbons (Fsp3) is 0.471. The molecule has 1 unspecified atom stereocenters. The maximum Gasteiger partial charge on any atom is 0.222 e. The van der Waals surface area contributed by atoms with Crippen molar-refractivity contribution in [2.75, 3.05) is 13.7 Å². The Kier molecular flexibility index (Phi) is 4.28. The molecule has 2 heterocycles. The smallest absolute Gasteiger partial charge is 0.222 e. The molecule has 2 aromatic rings. The van der Waals surface area contributed by atoms with E-state index in [2.05, 4.69) is 20.5 Å². The van der Waals surface area contributed by atoms with Gasteiger partial charge in [-0.3, -0.25) is 0 Å². The molecule has 0 spiro atoms. The lowest BCUT2D eigenvalue weighted by Crippen LogP contribution is -2.20. The summed E-state index contributed by atoms with van der Waals surface area (Å²) in [6.07, 6.45) is 0. The summed E-state index contributed by atoms with van der Waals surface area (Å²) >= 11 is 0. The maximum absolute atomic E-state index is 10.4. The molecule has 1 aliphatic rings. The van der Waals surface area contributed by atoms with Gasteiger partial charge in [-0.1, -0.05) is 13.8 Å². The van der Waals surface area contributed by atoms with Gasteiger partial charge in [0.2, 0.25) is 5.88 Å². The maximum atomic E-state index is 10.4. The molecule has 0 fully saturated rings. The van der Waals surface area contributed by atoms with Crippen molar-refractivity contribution in [3.8, 4) is 11.6 Å². The summed E-state index contributed by atoms with van der Waals surface area (Å²) in [4.78, 5) is 8.75. The summed E-state index contributed by atoms with van der Waals surface area (Å²) in [7, 11) is 1.59. The Balaban J connectivity index is 2.17. The molecule has 7 nitrogen and oxygen atoms in total. The standard InChI is InChI=1S/C17H23N5O2/c1-8(2)14(18)16-20-15-11(17(23)21-16)5-10(6-13(15)24-4)12-7-19-22-9(12)3/h5-6,8,12,14,19H,7,18H2,1-4H3,(H,20,21,23)/t12?,14-/m0/s1. The van der Waals surface area contributed by atoms with Gasteiger partial charge in [0.25, 0.3) is 0 Å². The lowest BCUT2D eigenvalue weighted by Gasteiger charge is -2.17. The van der Waals surface area contributed by atoms with Crippen LogP contribution in [0.15, 0.2) is 17.2 Å². The number of hydrogen-bond acceptors (Lipinski definition) is 7. The Bertz CT molecular complexity index is 803. The summed E-state index contributed by atoms with van der Waals surface area (Å²) in [5.74, 6) is 1.24. The number of benzene rings is 1. The van der Waals surface area contributed by atoms with Gasteiger partial charge in [0.05, 0.1) is 18.5 Å². The fourth-order valence-electron chi connectivity index (χ4n) is 2.87. The number of hydrogen-bond donors (Lipinski definition) is 3. The van der Waals surface area contributed by atoms with E-state index in [1.807, 2.05) is 32.9 Å². The lowest BCUT2D eigenvalue weighted by atomic mass is 9.94. The predicted octanol–water partition coefficient (Wildman–Crippen LogP) is 2.06. The molecule has 0 saturated heterocycles. The quantitative estimate of drug-likeness (QED) is 0.793. The Labute approximate surface area is 140 Å². The minimum Gasteiger partial charge on any atom is -0.494 e. The molecule has 1 aromatic carbocycles. The van der Waals surface area contributed by atoms with Crippen molar-refractivity contribution in [1.29, 1.82) is 0 Å². The van der Waals surface area contributed by atoms with Gasteiger partial charge in [-0.15, -0.1) is 0 Å². The van der Waals surface area contributed by atoms with E-state index >= 15 is 0 Å². The van der Waals surface area contributed by atoms with Gasteiger partial charge >= 0.3 is 0 Å². The highest BCUT2D eigenvalue weighted by molar-refractivity contribution is 5.94. The van der Waals surface area contributed by atoms with E-state index in [-0.39, 0.29) is 23.8 Å². The number of rotatable bonds is 4. The normalized spacial score (nSPS) is 18.6. The molecular formula is C17H23N5O2. The van der Waals surface area contributed by atoms with Crippen molar-refractivity contribution in [2.24, 2.45) is 16.8 Å². The molecule has 24 heavy (non-hydrogen) atoms. The van der Waals surface area contributed by atoms with Crippen LogP contribution >= 0.6 is 0 Å². The molecule has 0 bridgehead atoms. The summed E-state index contributed by atoms with van der Waals surface area (Å²) in [6.45, 7) is 6.68. The van der Waals surface area contributed by atoms with E-state index in [1.165, 1.54) is 0 Å². The van der Waals surface area contributed by atoms with Crippen LogP contribution in [-0.2, 0) is 0 Å². The number of nitrogens with zero attached hydrogens (tertiary/aromatic N) is 3. The van der Waals surface area contributed by atoms with Crippen molar-refractivity contribution in [2.45, 2.75) is 32.7 Å². The summed E-state index contributed by atoms with van der Waals surface area (Å²) in [5.41, 5.74) is 11.7. The molecule has 128 valence electrons. The molecule has 1 aliphatic heterocycles. The lowest BCUT2D eigenvalue weighted by molar-refractivity contribution is 0.415. The number of nitrogens with one attached hydrogen (secondary N) is 1. The van der Waals surface area contributed by atoms with Crippen molar-refractivity contribution < 1.29 is 9.84 Å². The van der Waals surface area contributed by atoms with Crippen molar-refractivity contribution >= 4 is 16.6 Å². The minimum absolute atomic E-state index is 0.0770. The fourth-order valence-corrected chi connectivity index (χ4v) is 2.87. The molecular weight excluding hydrogens is 306 g/mol. The SMILES string of the molecule is COc1cc(C2CNN=C2C)cc2c(O)nc([C@@H](N)C(C)C)nc12. The van der Waals surface area contributed by atoms with Crippen LogP contribution in [0.3, 0.4) is 0 Å². The third-order valence-corrected chi connectivity index (χ3v) is 4.48. The first kappa shape index (κ1) is 16.4. The van der Waals surface area contributed by atoms with Gasteiger partial charge in [0.15, 0.2) is 0 Å². The van der Waals surface area contributed by atoms with Crippen LogP contribution in [0, 0.1) is 5.92 Å². The highest BCUT2D eigenvalue weighted by Gasteiger charge is 2.24. The van der Waals surface area contributed by atoms with E-state index in [1.54, 1.807) is 7.11 Å². The van der Waals surface area contributed by atoms with Crippen LogP contribution in [0.5, 0.6) is 11.6 Å². The first-order chi connectivity index (χ1) is 11.4. The van der Waals surface area contributed by atoms with Crippen molar-refractivity contribution in [1.82, 2.24) is 15.4 Å². The van der Waals surface area contributed by atoms with Crippen molar-refractivity contribution in [3.63, 3.8) is 0 Å². The van der Waals surface area contributed by atoms with Crippen LogP contribution in [0.25, 0.3) is 10.9 Å². The first-order valence-corrected chi connectivity index (χ1v) is 8.03. The highest BCUT2D eigenvalue weighted by Crippen LogP contribution is 2.35. The van der Waals surface area contributed by atoms with Gasteiger partial charge in [-0.25, -0.2) is 4.98 Å². The van der Waals surface area contributed by atoms with E-state index in [0.717, 1.165) is 17.8 Å². The van der Waals surface area contributed by atoms with Gasteiger partial charge in [-0.2, -0.15) is 10.1 Å². The second-order valence-corrected chi connectivity index (χ2v) is 6.46. The molecule has 0 aliphatic carbocycles. The van der Waals surface area contributed by atoms with E-state index < -0.39 is 0 Å². The topological polar surface area (TPSA) is 106 Å². The third-order valence-electron chi connectivity index (χ3n) is 4.48. The number of fused-ring (bicyclic) bond motifs is 1. The summed E-state index contributed by atoms with van der Waals surface area (Å²) in [5, 5.41) is 15.2. The number of ether oxygens (including phenoxy) is 1. The molecule has 0 saturated carbocycles. The van der Waals surface area contributed by atoms with Crippen LogP contribution in [-0.4, -0.2) is 34.4 Å².